The van der Waals surface area contributed by atoms with Crippen molar-refractivity contribution in [3.05, 3.63) is 6.43 Å². The molecule has 0 aliphatic heterocycles. The Bertz CT molecular complexity index is 117. The molecular formula is C3ClF4O. The van der Waals surface area contributed by atoms with E-state index in [0.29, 0.717) is 0 Å². The van der Waals surface area contributed by atoms with Gasteiger partial charge in [0.15, 0.2) is 0 Å². The van der Waals surface area contributed by atoms with Crippen molar-refractivity contribution in [3.8, 4) is 0 Å². The molecule has 0 amide bonds. The molecule has 53 valence electrons. The number of halogens is 5. The van der Waals surface area contributed by atoms with Crippen LogP contribution in [0.15, 0.2) is 0 Å². The largest absolute Gasteiger partial charge is 0.386 e. The van der Waals surface area contributed by atoms with Gasteiger partial charge in [0, 0.05) is 0 Å². The predicted octanol–water partition coefficient (Wildman–Crippen LogP) is 1.82. The van der Waals surface area contributed by atoms with Gasteiger partial charge in [-0.05, 0) is 11.6 Å². The summed E-state index contributed by atoms with van der Waals surface area (Å²) in [6.45, 7) is 0. The van der Waals surface area contributed by atoms with E-state index in [2.05, 4.69) is 11.6 Å². The summed E-state index contributed by atoms with van der Waals surface area (Å²) in [6, 6.07) is 0. The van der Waals surface area contributed by atoms with Crippen molar-refractivity contribution in [1.82, 2.24) is 0 Å². The van der Waals surface area contributed by atoms with E-state index < -0.39 is 17.6 Å². The smallest absolute Gasteiger partial charge is 0.284 e. The molecule has 0 heterocycles. The number of hydrogen-bond acceptors (Lipinski definition) is 1. The van der Waals surface area contributed by atoms with Crippen LogP contribution < -0.4 is 0 Å². The lowest BCUT2D eigenvalue weighted by atomic mass is 10.4. The van der Waals surface area contributed by atoms with Crippen LogP contribution in [0, 0.1) is 6.43 Å². The zero-order valence-electron chi connectivity index (χ0n) is 3.80. The van der Waals surface area contributed by atoms with Gasteiger partial charge >= 0.3 is 11.8 Å². The Morgan fingerprint density at radius 3 is 1.67 bits per heavy atom. The van der Waals surface area contributed by atoms with Crippen LogP contribution in [-0.4, -0.2) is 11.2 Å². The molecule has 0 saturated carbocycles. The van der Waals surface area contributed by atoms with Crippen LogP contribution in [-0.2, 0) is 4.79 Å². The van der Waals surface area contributed by atoms with Crippen LogP contribution in [0.1, 0.15) is 0 Å². The molecule has 9 heavy (non-hydrogen) atoms. The van der Waals surface area contributed by atoms with Gasteiger partial charge in [0.05, 0.1) is 0 Å². The van der Waals surface area contributed by atoms with Crippen LogP contribution in [0.4, 0.5) is 17.6 Å². The van der Waals surface area contributed by atoms with Gasteiger partial charge in [-0.15, -0.1) is 0 Å². The summed E-state index contributed by atoms with van der Waals surface area (Å²) in [5.74, 6) is -2.65. The molecule has 6 heteroatoms. The number of rotatable bonds is 2. The molecule has 0 aromatic rings. The van der Waals surface area contributed by atoms with Crippen LogP contribution in [0.5, 0.6) is 0 Å². The first-order chi connectivity index (χ1) is 3.85. The molecule has 0 aromatic heterocycles. The van der Waals surface area contributed by atoms with Crippen molar-refractivity contribution in [2.45, 2.75) is 5.38 Å². The second kappa shape index (κ2) is 2.51. The minimum atomic E-state index is -4.47. The van der Waals surface area contributed by atoms with Crippen molar-refractivity contribution in [1.29, 1.82) is 0 Å². The van der Waals surface area contributed by atoms with E-state index in [4.69, 9.17) is 0 Å². The van der Waals surface area contributed by atoms with Gasteiger partial charge in [-0.25, -0.2) is 0 Å². The van der Waals surface area contributed by atoms with Crippen molar-refractivity contribution < 1.29 is 22.4 Å². The number of alkyl halides is 3. The molecule has 1 nitrogen and oxygen atoms in total. The Balaban J connectivity index is 4.06. The normalized spacial score (nSPS) is 12.2. The highest BCUT2D eigenvalue weighted by Gasteiger charge is 2.43. The van der Waals surface area contributed by atoms with E-state index in [0.717, 1.165) is 0 Å². The summed E-state index contributed by atoms with van der Waals surface area (Å²) in [4.78, 5) is 9.50. The van der Waals surface area contributed by atoms with E-state index in [1.165, 1.54) is 0 Å². The third-order valence-corrected chi connectivity index (χ3v) is 0.601. The highest BCUT2D eigenvalue weighted by molar-refractivity contribution is 6.34. The van der Waals surface area contributed by atoms with Gasteiger partial charge in [-0.3, -0.25) is 4.79 Å². The van der Waals surface area contributed by atoms with Crippen LogP contribution in [0.25, 0.3) is 0 Å². The van der Waals surface area contributed by atoms with Crippen molar-refractivity contribution >= 4 is 17.4 Å². The molecule has 0 saturated heterocycles. The first-order valence-corrected chi connectivity index (χ1v) is 2.03. The monoisotopic (exact) mass is 163 g/mol. The molecule has 0 fully saturated rings. The van der Waals surface area contributed by atoms with Gasteiger partial charge < -0.3 is 0 Å². The van der Waals surface area contributed by atoms with E-state index in [9.17, 15) is 22.4 Å². The first kappa shape index (κ1) is 8.68. The van der Waals surface area contributed by atoms with Gasteiger partial charge in [0.1, 0.15) is 0 Å². The molecule has 1 radical (unpaired) electrons. The maximum absolute atomic E-state index is 11.3. The highest BCUT2D eigenvalue weighted by Crippen LogP contribution is 2.25. The fourth-order valence-corrected chi connectivity index (χ4v) is 0.179. The average Bonchev–Trinajstić information content (AvgIpc) is 1.62. The van der Waals surface area contributed by atoms with Gasteiger partial charge in [0.2, 0.25) is 0 Å². The maximum atomic E-state index is 11.3. The van der Waals surface area contributed by atoms with E-state index >= 15 is 0 Å². The van der Waals surface area contributed by atoms with Gasteiger partial charge in [-0.2, -0.15) is 17.6 Å². The van der Waals surface area contributed by atoms with E-state index in [1.807, 2.05) is 0 Å². The predicted molar refractivity (Wildman–Crippen MR) is 21.3 cm³/mol. The number of hydrogen-bond donors (Lipinski definition) is 0. The molecular weight excluding hydrogens is 163 g/mol. The Labute approximate surface area is 52.6 Å². The number of ketones is 1. The lowest BCUT2D eigenvalue weighted by Crippen LogP contribution is -2.23. The highest BCUT2D eigenvalue weighted by atomic mass is 35.5. The SMILES string of the molecule is O=C([C](F)F)C(F)(F)Cl. The fourth-order valence-electron chi connectivity index (χ4n) is 0.107. The lowest BCUT2D eigenvalue weighted by molar-refractivity contribution is -0.137. The number of carbonyl (C=O) groups excluding carboxylic acids is 1. The number of carbonyl (C=O) groups is 1. The maximum Gasteiger partial charge on any atom is 0.386 e. The fraction of sp³-hybridized carbons (Fsp3) is 0.333. The lowest BCUT2D eigenvalue weighted by Gasteiger charge is -2.01. The van der Waals surface area contributed by atoms with Crippen LogP contribution >= 0.6 is 11.6 Å². The number of Topliss-reactive ketones (excluding diaryl/α,β-unsaturated/α-hetero) is 1. The zero-order chi connectivity index (χ0) is 7.65. The second-order valence-corrected chi connectivity index (χ2v) is 1.56. The average molecular weight is 163 g/mol. The topological polar surface area (TPSA) is 17.1 Å². The summed E-state index contributed by atoms with van der Waals surface area (Å²) >= 11 is 3.89. The van der Waals surface area contributed by atoms with E-state index in [1.54, 1.807) is 0 Å². The molecule has 0 unspecified atom stereocenters. The van der Waals surface area contributed by atoms with Crippen LogP contribution in [0.2, 0.25) is 0 Å². The summed E-state index contributed by atoms with van der Waals surface area (Å²) in [5, 5.41) is -4.47. The van der Waals surface area contributed by atoms with Crippen molar-refractivity contribution in [2.24, 2.45) is 0 Å². The molecule has 0 atom stereocenters. The third-order valence-electron chi connectivity index (χ3n) is 0.429. The van der Waals surface area contributed by atoms with Crippen molar-refractivity contribution in [2.75, 3.05) is 0 Å². The van der Waals surface area contributed by atoms with Crippen molar-refractivity contribution in [3.63, 3.8) is 0 Å². The summed E-state index contributed by atoms with van der Waals surface area (Å²) < 4.78 is 44.4. The Morgan fingerprint density at radius 2 is 1.67 bits per heavy atom. The molecule has 0 aliphatic rings. The summed E-state index contributed by atoms with van der Waals surface area (Å²) in [6.07, 6.45) is -2.99. The molecule has 0 N–H and O–H groups in total. The Hall–Kier alpha value is -0.320. The molecule has 0 bridgehead atoms. The molecule has 0 spiro atoms. The standard InChI is InChI=1S/C3ClF4O/c4-3(7,8)1(9)2(5)6. The minimum absolute atomic E-state index is 2.65. The Morgan fingerprint density at radius 1 is 1.33 bits per heavy atom. The molecule has 0 aromatic carbocycles. The van der Waals surface area contributed by atoms with Gasteiger partial charge in [0.25, 0.3) is 5.78 Å². The zero-order valence-corrected chi connectivity index (χ0v) is 4.55. The second-order valence-electron chi connectivity index (χ2n) is 1.09. The molecule has 0 aliphatic carbocycles. The summed E-state index contributed by atoms with van der Waals surface area (Å²) in [7, 11) is 0. The van der Waals surface area contributed by atoms with Gasteiger partial charge in [-0.1, -0.05) is 0 Å². The van der Waals surface area contributed by atoms with E-state index in [-0.39, 0.29) is 0 Å². The Kier molecular flexibility index (Phi) is 2.42. The molecule has 0 rings (SSSR count). The quantitative estimate of drug-likeness (QED) is 0.448. The summed E-state index contributed by atoms with van der Waals surface area (Å²) in [5.41, 5.74) is 0. The van der Waals surface area contributed by atoms with Crippen LogP contribution in [0.3, 0.4) is 0 Å². The third kappa shape index (κ3) is 2.64. The first-order valence-electron chi connectivity index (χ1n) is 1.65. The minimum Gasteiger partial charge on any atom is -0.284 e.